The average molecular weight is 204 g/mol. The molecule has 0 N–H and O–H groups in total. The zero-order valence-corrected chi connectivity index (χ0v) is 10.7. The first-order valence-electron chi connectivity index (χ1n) is 5.85. The fraction of sp³-hybridized carbons (Fsp3) is 0.600. The Morgan fingerprint density at radius 1 is 1.40 bits per heavy atom. The second kappa shape index (κ2) is 4.38. The third-order valence-electron chi connectivity index (χ3n) is 3.98. The van der Waals surface area contributed by atoms with Crippen molar-refractivity contribution in [1.29, 1.82) is 0 Å². The topological polar surface area (TPSA) is 0 Å². The molecule has 15 heavy (non-hydrogen) atoms. The molecule has 0 amide bonds. The Bertz CT molecular complexity index is 302. The summed E-state index contributed by atoms with van der Waals surface area (Å²) >= 11 is 0. The molecule has 1 aliphatic rings. The number of allylic oxidation sites excluding steroid dienone is 4. The molecule has 1 rings (SSSR count). The van der Waals surface area contributed by atoms with Gasteiger partial charge in [-0.1, -0.05) is 36.3 Å². The lowest BCUT2D eigenvalue weighted by molar-refractivity contribution is 0.238. The zero-order valence-electron chi connectivity index (χ0n) is 10.7. The molecule has 0 aromatic rings. The molecule has 1 fully saturated rings. The smallest absolute Gasteiger partial charge is 0.00779 e. The van der Waals surface area contributed by atoms with Crippen LogP contribution in [0.4, 0.5) is 0 Å². The SMILES string of the molecule is C=C[C@@]1(C)CCC(=C(C)C)C[C@@H]1C(=C)C. The monoisotopic (exact) mass is 204 g/mol. The van der Waals surface area contributed by atoms with Crippen molar-refractivity contribution in [2.24, 2.45) is 11.3 Å². The van der Waals surface area contributed by atoms with E-state index in [0.29, 0.717) is 5.92 Å². The van der Waals surface area contributed by atoms with Crippen LogP contribution in [0.3, 0.4) is 0 Å². The summed E-state index contributed by atoms with van der Waals surface area (Å²) in [5.74, 6) is 0.577. The summed E-state index contributed by atoms with van der Waals surface area (Å²) in [6.45, 7) is 17.1. The van der Waals surface area contributed by atoms with E-state index < -0.39 is 0 Å². The maximum atomic E-state index is 4.15. The Kier molecular flexibility index (Phi) is 3.59. The molecule has 0 aromatic carbocycles. The Morgan fingerprint density at radius 3 is 2.40 bits per heavy atom. The van der Waals surface area contributed by atoms with Crippen LogP contribution in [0.2, 0.25) is 0 Å². The summed E-state index contributed by atoms with van der Waals surface area (Å²) in [4.78, 5) is 0. The molecular weight excluding hydrogens is 180 g/mol. The van der Waals surface area contributed by atoms with Crippen LogP contribution in [-0.4, -0.2) is 0 Å². The van der Waals surface area contributed by atoms with Gasteiger partial charge in [0.25, 0.3) is 0 Å². The predicted octanol–water partition coefficient (Wildman–Crippen LogP) is 4.89. The van der Waals surface area contributed by atoms with Crippen molar-refractivity contribution >= 4 is 0 Å². The molecular formula is C15H24. The molecule has 0 heteroatoms. The van der Waals surface area contributed by atoms with Gasteiger partial charge in [0.1, 0.15) is 0 Å². The van der Waals surface area contributed by atoms with Gasteiger partial charge >= 0.3 is 0 Å². The fourth-order valence-corrected chi connectivity index (χ4v) is 2.61. The van der Waals surface area contributed by atoms with E-state index in [1.54, 1.807) is 5.57 Å². The van der Waals surface area contributed by atoms with Gasteiger partial charge in [0.05, 0.1) is 0 Å². The third-order valence-corrected chi connectivity index (χ3v) is 3.98. The number of hydrogen-bond acceptors (Lipinski definition) is 0. The van der Waals surface area contributed by atoms with Gasteiger partial charge in [-0.2, -0.15) is 0 Å². The van der Waals surface area contributed by atoms with Gasteiger partial charge in [0, 0.05) is 0 Å². The van der Waals surface area contributed by atoms with E-state index in [-0.39, 0.29) is 5.41 Å². The maximum absolute atomic E-state index is 4.15. The first kappa shape index (κ1) is 12.3. The predicted molar refractivity (Wildman–Crippen MR) is 68.8 cm³/mol. The zero-order chi connectivity index (χ0) is 11.6. The van der Waals surface area contributed by atoms with Gasteiger partial charge in [-0.15, -0.1) is 6.58 Å². The lowest BCUT2D eigenvalue weighted by Crippen LogP contribution is -2.30. The van der Waals surface area contributed by atoms with Crippen LogP contribution in [0.25, 0.3) is 0 Å². The third kappa shape index (κ3) is 2.42. The standard InChI is InChI=1S/C15H24/c1-7-15(6)9-8-13(11(2)3)10-14(15)12(4)5/h7,14H,1,4,8-10H2,2-3,5-6H3/t14-,15+/m1/s1. The maximum Gasteiger partial charge on any atom is -0.00779 e. The van der Waals surface area contributed by atoms with Crippen LogP contribution in [0, 0.1) is 11.3 Å². The summed E-state index contributed by atoms with van der Waals surface area (Å²) in [5.41, 5.74) is 4.68. The highest BCUT2D eigenvalue weighted by atomic mass is 14.4. The molecule has 1 aliphatic carbocycles. The molecule has 0 saturated heterocycles. The van der Waals surface area contributed by atoms with Crippen molar-refractivity contribution in [3.05, 3.63) is 36.0 Å². The second-order valence-electron chi connectivity index (χ2n) is 5.42. The highest BCUT2D eigenvalue weighted by Gasteiger charge is 2.36. The number of rotatable bonds is 2. The second-order valence-corrected chi connectivity index (χ2v) is 5.42. The summed E-state index contributed by atoms with van der Waals surface area (Å²) in [6, 6.07) is 0. The first-order chi connectivity index (χ1) is 6.90. The van der Waals surface area contributed by atoms with E-state index in [1.807, 2.05) is 0 Å². The van der Waals surface area contributed by atoms with Gasteiger partial charge in [-0.25, -0.2) is 0 Å². The summed E-state index contributed by atoms with van der Waals surface area (Å²) in [6.07, 6.45) is 5.76. The van der Waals surface area contributed by atoms with Gasteiger partial charge in [-0.05, 0) is 51.4 Å². The normalized spacial score (nSPS) is 31.2. The first-order valence-corrected chi connectivity index (χ1v) is 5.85. The largest absolute Gasteiger partial charge is 0.103 e. The van der Waals surface area contributed by atoms with Crippen LogP contribution in [-0.2, 0) is 0 Å². The van der Waals surface area contributed by atoms with Crippen molar-refractivity contribution < 1.29 is 0 Å². The van der Waals surface area contributed by atoms with Crippen molar-refractivity contribution in [3.63, 3.8) is 0 Å². The van der Waals surface area contributed by atoms with E-state index in [9.17, 15) is 0 Å². The average Bonchev–Trinajstić information content (AvgIpc) is 2.17. The fourth-order valence-electron chi connectivity index (χ4n) is 2.61. The Hall–Kier alpha value is -0.780. The van der Waals surface area contributed by atoms with Gasteiger partial charge in [0.2, 0.25) is 0 Å². The van der Waals surface area contributed by atoms with Crippen LogP contribution < -0.4 is 0 Å². The molecule has 0 unspecified atom stereocenters. The lowest BCUT2D eigenvalue weighted by Gasteiger charge is -2.41. The Labute approximate surface area is 94.8 Å². The van der Waals surface area contributed by atoms with Gasteiger partial charge in [0.15, 0.2) is 0 Å². The van der Waals surface area contributed by atoms with Gasteiger partial charge in [-0.3, -0.25) is 0 Å². The van der Waals surface area contributed by atoms with E-state index in [2.05, 4.69) is 46.9 Å². The van der Waals surface area contributed by atoms with E-state index in [0.717, 1.165) is 0 Å². The molecule has 0 aliphatic heterocycles. The minimum absolute atomic E-state index is 0.255. The Balaban J connectivity index is 2.98. The number of hydrogen-bond donors (Lipinski definition) is 0. The lowest BCUT2D eigenvalue weighted by atomic mass is 9.63. The van der Waals surface area contributed by atoms with Crippen LogP contribution in [0.15, 0.2) is 36.0 Å². The highest BCUT2D eigenvalue weighted by Crippen LogP contribution is 2.47. The van der Waals surface area contributed by atoms with Crippen LogP contribution in [0.1, 0.15) is 47.0 Å². The Morgan fingerprint density at radius 2 is 2.00 bits per heavy atom. The molecule has 0 radical (unpaired) electrons. The molecule has 84 valence electrons. The summed E-state index contributed by atoms with van der Waals surface area (Å²) in [7, 11) is 0. The minimum atomic E-state index is 0.255. The molecule has 0 aromatic heterocycles. The molecule has 0 nitrogen and oxygen atoms in total. The molecule has 0 bridgehead atoms. The molecule has 2 atom stereocenters. The highest BCUT2D eigenvalue weighted by molar-refractivity contribution is 5.22. The quantitative estimate of drug-likeness (QED) is 0.562. The van der Waals surface area contributed by atoms with Gasteiger partial charge < -0.3 is 0 Å². The van der Waals surface area contributed by atoms with Crippen LogP contribution >= 0.6 is 0 Å². The molecule has 0 spiro atoms. The van der Waals surface area contributed by atoms with E-state index in [1.165, 1.54) is 30.4 Å². The summed E-state index contributed by atoms with van der Waals surface area (Å²) < 4.78 is 0. The molecule has 1 saturated carbocycles. The van der Waals surface area contributed by atoms with E-state index >= 15 is 0 Å². The van der Waals surface area contributed by atoms with Crippen molar-refractivity contribution in [3.8, 4) is 0 Å². The van der Waals surface area contributed by atoms with Crippen molar-refractivity contribution in [1.82, 2.24) is 0 Å². The van der Waals surface area contributed by atoms with E-state index in [4.69, 9.17) is 0 Å². The molecule has 0 heterocycles. The summed E-state index contributed by atoms with van der Waals surface area (Å²) in [5, 5.41) is 0. The van der Waals surface area contributed by atoms with Crippen molar-refractivity contribution in [2.45, 2.75) is 47.0 Å². The van der Waals surface area contributed by atoms with Crippen molar-refractivity contribution in [2.75, 3.05) is 0 Å². The minimum Gasteiger partial charge on any atom is -0.103 e. The van der Waals surface area contributed by atoms with Crippen LogP contribution in [0.5, 0.6) is 0 Å².